The van der Waals surface area contributed by atoms with E-state index >= 15 is 0 Å². The number of sulfonamides is 1. The number of hydrogen-bond acceptors (Lipinski definition) is 5. The summed E-state index contributed by atoms with van der Waals surface area (Å²) < 4.78 is 36.1. The number of fused-ring (bicyclic) bond motifs is 4. The van der Waals surface area contributed by atoms with Crippen LogP contribution in [0.5, 0.6) is 5.75 Å². The van der Waals surface area contributed by atoms with Gasteiger partial charge in [0.05, 0.1) is 22.0 Å². The summed E-state index contributed by atoms with van der Waals surface area (Å²) in [6, 6.07) is 17.6. The van der Waals surface area contributed by atoms with E-state index < -0.39 is 15.6 Å². The Morgan fingerprint density at radius 2 is 1.67 bits per heavy atom. The van der Waals surface area contributed by atoms with Gasteiger partial charge in [0.15, 0.2) is 11.4 Å². The molecule has 9 heteroatoms. The van der Waals surface area contributed by atoms with Crippen molar-refractivity contribution in [2.45, 2.75) is 49.1 Å². The molecule has 3 aliphatic rings. The van der Waals surface area contributed by atoms with Crippen LogP contribution < -0.4 is 9.46 Å². The third-order valence-corrected chi connectivity index (χ3v) is 8.83. The summed E-state index contributed by atoms with van der Waals surface area (Å²) >= 11 is 0. The van der Waals surface area contributed by atoms with Gasteiger partial charge in [0.25, 0.3) is 5.91 Å². The number of amides is 1. The van der Waals surface area contributed by atoms with Crippen molar-refractivity contribution >= 4 is 21.7 Å². The molecule has 0 radical (unpaired) electrons. The van der Waals surface area contributed by atoms with E-state index in [9.17, 15) is 18.0 Å². The number of rotatable bonds is 5. The molecule has 1 aromatic heterocycles. The van der Waals surface area contributed by atoms with Crippen LogP contribution in [0.3, 0.4) is 0 Å². The first-order chi connectivity index (χ1) is 17.3. The lowest BCUT2D eigenvalue weighted by molar-refractivity contribution is -0.00942. The Hall–Kier alpha value is -3.43. The number of aromatic nitrogens is 1. The van der Waals surface area contributed by atoms with Gasteiger partial charge in [-0.3, -0.25) is 9.59 Å². The third kappa shape index (κ3) is 3.83. The van der Waals surface area contributed by atoms with E-state index in [0.717, 1.165) is 30.0 Å². The monoisotopic (exact) mass is 505 g/mol. The van der Waals surface area contributed by atoms with Crippen molar-refractivity contribution in [2.75, 3.05) is 13.1 Å². The molecular formula is C27H27N3O5S. The molecule has 2 fully saturated rings. The van der Waals surface area contributed by atoms with E-state index in [1.807, 2.05) is 41.0 Å². The fraction of sp³-hybridized carbons (Fsp3) is 0.333. The molecule has 1 N–H and O–H groups in total. The fourth-order valence-electron chi connectivity index (χ4n) is 5.19. The second-order valence-electron chi connectivity index (χ2n) is 9.77. The molecule has 1 spiro atoms. The minimum Gasteiger partial charge on any atom is -0.479 e. The largest absolute Gasteiger partial charge is 0.479 e. The third-order valence-electron chi connectivity index (χ3n) is 7.29. The van der Waals surface area contributed by atoms with E-state index in [-0.39, 0.29) is 22.6 Å². The Bertz CT molecular complexity index is 1460. The molecular weight excluding hydrogens is 478 g/mol. The summed E-state index contributed by atoms with van der Waals surface area (Å²) in [7, 11) is -3.56. The molecule has 1 amide bonds. The lowest BCUT2D eigenvalue weighted by atomic mass is 9.86. The summed E-state index contributed by atoms with van der Waals surface area (Å²) in [6.07, 6.45) is 2.88. The lowest BCUT2D eigenvalue weighted by Crippen LogP contribution is -2.50. The van der Waals surface area contributed by atoms with Crippen LogP contribution in [-0.4, -0.2) is 48.7 Å². The molecule has 2 aliphatic heterocycles. The number of benzene rings is 2. The Morgan fingerprint density at radius 1 is 0.972 bits per heavy atom. The summed E-state index contributed by atoms with van der Waals surface area (Å²) in [5.74, 6) is 0.568. The van der Waals surface area contributed by atoms with Crippen LogP contribution in [0.1, 0.15) is 59.1 Å². The van der Waals surface area contributed by atoms with Gasteiger partial charge in [-0.2, -0.15) is 0 Å². The fourth-order valence-corrected chi connectivity index (χ4v) is 6.50. The van der Waals surface area contributed by atoms with Crippen molar-refractivity contribution in [2.24, 2.45) is 0 Å². The zero-order valence-corrected chi connectivity index (χ0v) is 20.8. The first-order valence-corrected chi connectivity index (χ1v) is 13.7. The van der Waals surface area contributed by atoms with E-state index in [0.29, 0.717) is 37.2 Å². The Morgan fingerprint density at radius 3 is 2.33 bits per heavy atom. The molecule has 0 atom stereocenters. The second-order valence-corrected chi connectivity index (χ2v) is 11.5. The summed E-state index contributed by atoms with van der Waals surface area (Å²) in [6.45, 7) is 2.52. The van der Waals surface area contributed by atoms with Crippen molar-refractivity contribution in [3.8, 4) is 11.4 Å². The van der Waals surface area contributed by atoms with Crippen LogP contribution in [0.4, 0.5) is 0 Å². The van der Waals surface area contributed by atoms with Crippen LogP contribution in [-0.2, 0) is 15.6 Å². The van der Waals surface area contributed by atoms with Crippen molar-refractivity contribution in [1.29, 1.82) is 0 Å². The van der Waals surface area contributed by atoms with Gasteiger partial charge in [-0.15, -0.1) is 0 Å². The van der Waals surface area contributed by atoms with Crippen LogP contribution in [0, 0.1) is 0 Å². The predicted octanol–water partition coefficient (Wildman–Crippen LogP) is 3.64. The number of para-hydroxylation sites is 2. The number of carbonyl (C=O) groups excluding carboxylic acids is 2. The molecule has 36 heavy (non-hydrogen) atoms. The smallest absolute Gasteiger partial charge is 0.253 e. The highest BCUT2D eigenvalue weighted by atomic mass is 32.2. The van der Waals surface area contributed by atoms with Gasteiger partial charge in [-0.25, -0.2) is 13.1 Å². The number of nitrogens with zero attached hydrogens (tertiary/aromatic N) is 2. The minimum atomic E-state index is -3.56. The molecule has 1 aliphatic carbocycles. The SMILES string of the molecule is CC(=O)c1ccc2n1-c1ccccc1OC21CCN(C(=O)c2ccc(S(=O)(=O)NC3CC3)cc2)CC1. The second kappa shape index (κ2) is 8.31. The summed E-state index contributed by atoms with van der Waals surface area (Å²) in [4.78, 5) is 27.5. The molecule has 6 rings (SSSR count). The Balaban J connectivity index is 1.22. The van der Waals surface area contributed by atoms with E-state index in [2.05, 4.69) is 4.72 Å². The van der Waals surface area contributed by atoms with Gasteiger partial charge in [0.2, 0.25) is 10.0 Å². The quantitative estimate of drug-likeness (QED) is 0.534. The lowest BCUT2D eigenvalue weighted by Gasteiger charge is -2.45. The Kier molecular flexibility index (Phi) is 5.31. The number of ketones is 1. The maximum Gasteiger partial charge on any atom is 0.253 e. The van der Waals surface area contributed by atoms with Crippen molar-refractivity contribution in [3.63, 3.8) is 0 Å². The van der Waals surface area contributed by atoms with Crippen molar-refractivity contribution < 1.29 is 22.7 Å². The zero-order valence-electron chi connectivity index (χ0n) is 19.9. The van der Waals surface area contributed by atoms with Crippen LogP contribution in [0.25, 0.3) is 5.69 Å². The van der Waals surface area contributed by atoms with Crippen LogP contribution in [0.2, 0.25) is 0 Å². The van der Waals surface area contributed by atoms with E-state index in [1.54, 1.807) is 24.0 Å². The number of hydrogen-bond donors (Lipinski definition) is 1. The first kappa shape index (κ1) is 23.0. The molecule has 1 saturated carbocycles. The van der Waals surface area contributed by atoms with Gasteiger partial charge >= 0.3 is 0 Å². The molecule has 2 aromatic carbocycles. The first-order valence-electron chi connectivity index (χ1n) is 12.2. The number of Topliss-reactive ketones (excluding diaryl/α,β-unsaturated/α-hetero) is 1. The maximum atomic E-state index is 13.2. The van der Waals surface area contributed by atoms with E-state index in [1.165, 1.54) is 12.1 Å². The van der Waals surface area contributed by atoms with Gasteiger partial charge in [-0.1, -0.05) is 12.1 Å². The molecule has 186 valence electrons. The van der Waals surface area contributed by atoms with E-state index in [4.69, 9.17) is 4.74 Å². The number of nitrogens with one attached hydrogen (secondary N) is 1. The molecule has 0 bridgehead atoms. The molecule has 1 saturated heterocycles. The average Bonchev–Trinajstić information content (AvgIpc) is 3.55. The number of piperidine rings is 1. The number of likely N-dealkylation sites (tertiary alicyclic amines) is 1. The highest BCUT2D eigenvalue weighted by Crippen LogP contribution is 2.46. The summed E-state index contributed by atoms with van der Waals surface area (Å²) in [5, 5.41) is 0. The van der Waals surface area contributed by atoms with Gasteiger partial charge < -0.3 is 14.2 Å². The highest BCUT2D eigenvalue weighted by molar-refractivity contribution is 7.89. The molecule has 3 aromatic rings. The van der Waals surface area contributed by atoms with Gasteiger partial charge in [-0.05, 0) is 61.4 Å². The summed E-state index contributed by atoms with van der Waals surface area (Å²) in [5.41, 5.74) is 2.21. The average molecular weight is 506 g/mol. The molecule has 0 unspecified atom stereocenters. The van der Waals surface area contributed by atoms with Gasteiger partial charge in [0.1, 0.15) is 5.75 Å². The highest BCUT2D eigenvalue weighted by Gasteiger charge is 2.45. The van der Waals surface area contributed by atoms with Crippen molar-refractivity contribution in [3.05, 3.63) is 77.6 Å². The Labute approximate surface area is 209 Å². The predicted molar refractivity (Wildman–Crippen MR) is 133 cm³/mol. The minimum absolute atomic E-state index is 0.0153. The van der Waals surface area contributed by atoms with Crippen LogP contribution in [0.15, 0.2) is 65.6 Å². The zero-order chi connectivity index (χ0) is 25.1. The maximum absolute atomic E-state index is 13.2. The van der Waals surface area contributed by atoms with Crippen molar-refractivity contribution in [1.82, 2.24) is 14.2 Å². The standard InChI is InChI=1S/C27H27N3O5S/c1-18(31)22-12-13-25-27(35-24-5-3-2-4-23(24)30(22)25)14-16-29(17-15-27)26(32)19-6-10-21(11-7-19)36(33,34)28-20-8-9-20/h2-7,10-13,20,28H,8-9,14-17H2,1H3. The van der Waals surface area contributed by atoms with Gasteiger partial charge in [0, 0.05) is 44.5 Å². The van der Waals surface area contributed by atoms with Crippen LogP contribution >= 0.6 is 0 Å². The number of ether oxygens (including phenoxy) is 1. The molecule has 3 heterocycles. The topological polar surface area (TPSA) is 97.7 Å². The normalized spacial score (nSPS) is 18.3. The number of carbonyl (C=O) groups is 2. The molecule has 8 nitrogen and oxygen atoms in total.